The van der Waals surface area contributed by atoms with E-state index < -0.39 is 86.4 Å². The molecule has 3 saturated carbocycles. The first kappa shape index (κ1) is 46.9. The summed E-state index contributed by atoms with van der Waals surface area (Å²) in [6, 6.07) is 5.01. The van der Waals surface area contributed by atoms with E-state index in [1.54, 1.807) is 27.7 Å². The fraction of sp³-hybridized carbons (Fsp3) is 0.674. The van der Waals surface area contributed by atoms with Crippen LogP contribution in [0.4, 0.5) is 18.0 Å². The lowest BCUT2D eigenvalue weighted by atomic mass is 9.85. The molecule has 2 bridgehead atoms. The zero-order valence-electron chi connectivity index (χ0n) is 37.5. The Morgan fingerprint density at radius 1 is 1.05 bits per heavy atom. The van der Waals surface area contributed by atoms with Gasteiger partial charge in [0.15, 0.2) is 0 Å². The number of amides is 4. The first-order chi connectivity index (χ1) is 30.6. The molecule has 4 amide bonds. The molecule has 1 aromatic heterocycles. The number of para-hydroxylation sites is 1. The summed E-state index contributed by atoms with van der Waals surface area (Å²) in [6.45, 7) is 10.0. The van der Waals surface area contributed by atoms with Gasteiger partial charge in [-0.2, -0.15) is 13.2 Å². The molecule has 6 aliphatic rings. The lowest BCUT2D eigenvalue weighted by Crippen LogP contribution is -2.60. The second kappa shape index (κ2) is 17.5. The third kappa shape index (κ3) is 10.2. The number of sulfonamides is 1. The van der Waals surface area contributed by atoms with Gasteiger partial charge in [0, 0.05) is 30.8 Å². The summed E-state index contributed by atoms with van der Waals surface area (Å²) in [6.07, 6.45) is 0.948. The van der Waals surface area contributed by atoms with Gasteiger partial charge in [0.05, 0.1) is 28.9 Å². The van der Waals surface area contributed by atoms with Crippen molar-refractivity contribution in [3.05, 3.63) is 42.5 Å². The van der Waals surface area contributed by atoms with Gasteiger partial charge in [-0.15, -0.1) is 6.58 Å². The number of rotatable bonds is 9. The van der Waals surface area contributed by atoms with Crippen LogP contribution in [0.1, 0.15) is 104 Å². The number of nitrogens with one attached hydrogen (secondary N) is 3. The van der Waals surface area contributed by atoms with Crippen LogP contribution in [0, 0.1) is 17.3 Å². The zero-order valence-corrected chi connectivity index (χ0v) is 38.3. The summed E-state index contributed by atoms with van der Waals surface area (Å²) < 4.78 is 86.6. The van der Waals surface area contributed by atoms with Crippen molar-refractivity contribution in [3.63, 3.8) is 0 Å². The van der Waals surface area contributed by atoms with E-state index in [2.05, 4.69) is 21.9 Å². The number of aromatic nitrogens is 1. The lowest BCUT2D eigenvalue weighted by molar-refractivity contribution is -0.149. The molecule has 0 radical (unpaired) electrons. The second-order valence-corrected chi connectivity index (χ2v) is 22.5. The molecule has 2 aromatic rings. The number of alkyl carbamates (subject to hydrolysis) is 1. The third-order valence-electron chi connectivity index (χ3n) is 14.1. The maximum atomic E-state index is 14.9. The highest BCUT2D eigenvalue weighted by Crippen LogP contribution is 2.48. The number of carbonyl (C=O) groups is 4. The Kier molecular flexibility index (Phi) is 12.6. The van der Waals surface area contributed by atoms with Crippen molar-refractivity contribution >= 4 is 44.7 Å². The minimum absolute atomic E-state index is 0.0583. The van der Waals surface area contributed by atoms with Crippen molar-refractivity contribution in [2.24, 2.45) is 17.3 Å². The molecule has 2 saturated heterocycles. The Morgan fingerprint density at radius 3 is 2.43 bits per heavy atom. The fourth-order valence-electron chi connectivity index (χ4n) is 9.57. The van der Waals surface area contributed by atoms with Gasteiger partial charge < -0.3 is 29.7 Å². The van der Waals surface area contributed by atoms with Crippen molar-refractivity contribution in [3.8, 4) is 11.6 Å². The van der Waals surface area contributed by atoms with Gasteiger partial charge in [-0.1, -0.05) is 51.8 Å². The van der Waals surface area contributed by atoms with Gasteiger partial charge >= 0.3 is 12.3 Å². The van der Waals surface area contributed by atoms with Crippen LogP contribution in [0.15, 0.2) is 36.9 Å². The molecule has 3 aliphatic heterocycles. The number of pyridine rings is 1. The monoisotopic (exact) mass is 930 g/mol. The number of carbonyl (C=O) groups excluding carboxylic acids is 4. The van der Waals surface area contributed by atoms with E-state index in [4.69, 9.17) is 19.2 Å². The quantitative estimate of drug-likeness (QED) is 0.263. The molecule has 65 heavy (non-hydrogen) atoms. The Balaban J connectivity index is 1.13. The van der Waals surface area contributed by atoms with Crippen LogP contribution in [0.2, 0.25) is 0 Å². The van der Waals surface area contributed by atoms with E-state index in [-0.39, 0.29) is 56.5 Å². The van der Waals surface area contributed by atoms with Crippen molar-refractivity contribution in [1.82, 2.24) is 30.1 Å². The first-order valence-corrected chi connectivity index (χ1v) is 24.4. The molecule has 1 aromatic carbocycles. The van der Waals surface area contributed by atoms with E-state index in [9.17, 15) is 40.8 Å². The highest BCUT2D eigenvalue weighted by molar-refractivity contribution is 7.91. The van der Waals surface area contributed by atoms with Crippen molar-refractivity contribution in [2.45, 2.75) is 152 Å². The normalized spacial score (nSPS) is 30.0. The fourth-order valence-corrected chi connectivity index (χ4v) is 10.9. The number of hydrogen-bond donors (Lipinski definition) is 3. The predicted molar refractivity (Wildman–Crippen MR) is 233 cm³/mol. The Bertz CT molecular complexity index is 2310. The van der Waals surface area contributed by atoms with E-state index in [0.29, 0.717) is 61.8 Å². The highest BCUT2D eigenvalue weighted by atomic mass is 32.2. The Hall–Kier alpha value is -4.65. The molecule has 3 N–H and O–H groups in total. The highest BCUT2D eigenvalue weighted by Gasteiger charge is 2.63. The SMILES string of the molecule is C=C[C@@H]1C[C@]1(NC(=O)[C@@H]1C[C@@H]2CN1C(=O)[C@H](C(C)(C)C)NC(=O)O[C@@H]1C[C@H]1CCCCCc1c(nc3ccccc3c1OC1CCN(CC(F)(F)F)CC1)O2)C(=O)NS(=O)(=O)C1(C)CC1. The van der Waals surface area contributed by atoms with Crippen molar-refractivity contribution in [1.29, 1.82) is 0 Å². The van der Waals surface area contributed by atoms with Gasteiger partial charge in [0.1, 0.15) is 41.7 Å². The van der Waals surface area contributed by atoms with Crippen molar-refractivity contribution < 1.29 is 55.0 Å². The largest absolute Gasteiger partial charge is 0.489 e. The summed E-state index contributed by atoms with van der Waals surface area (Å²) in [7, 11) is -4.06. The Morgan fingerprint density at radius 2 is 1.77 bits per heavy atom. The van der Waals surface area contributed by atoms with Crippen LogP contribution in [0.5, 0.6) is 11.6 Å². The number of nitrogens with zero attached hydrogens (tertiary/aromatic N) is 3. The predicted octanol–water partition coefficient (Wildman–Crippen LogP) is 5.69. The molecule has 3 aliphatic carbocycles. The third-order valence-corrected chi connectivity index (χ3v) is 16.3. The Labute approximate surface area is 378 Å². The van der Waals surface area contributed by atoms with Crippen LogP contribution in [-0.2, 0) is 35.6 Å². The summed E-state index contributed by atoms with van der Waals surface area (Å²) in [5.74, 6) is -1.82. The molecule has 19 heteroatoms. The van der Waals surface area contributed by atoms with E-state index in [0.717, 1.165) is 24.6 Å². The van der Waals surface area contributed by atoms with Gasteiger partial charge in [-0.05, 0) is 88.2 Å². The molecule has 4 heterocycles. The van der Waals surface area contributed by atoms with Crippen LogP contribution >= 0.6 is 0 Å². The average Bonchev–Trinajstić information content (AvgIpc) is 4.19. The van der Waals surface area contributed by atoms with E-state index in [1.807, 2.05) is 24.3 Å². The number of ether oxygens (including phenoxy) is 3. The summed E-state index contributed by atoms with van der Waals surface area (Å²) >= 11 is 0. The number of piperidine rings is 1. The van der Waals surface area contributed by atoms with Crippen molar-refractivity contribution in [2.75, 3.05) is 26.2 Å². The molecule has 7 atom stereocenters. The maximum absolute atomic E-state index is 14.9. The van der Waals surface area contributed by atoms with Crippen LogP contribution < -0.4 is 24.8 Å². The molecule has 15 nitrogen and oxygen atoms in total. The van der Waals surface area contributed by atoms with E-state index in [1.165, 1.54) is 15.9 Å². The number of benzene rings is 1. The van der Waals surface area contributed by atoms with Gasteiger partial charge in [0.25, 0.3) is 5.91 Å². The molecule has 8 rings (SSSR count). The lowest BCUT2D eigenvalue weighted by Gasteiger charge is -2.35. The maximum Gasteiger partial charge on any atom is 0.408 e. The molecular formula is C46H61F3N6O9S. The zero-order chi connectivity index (χ0) is 46.7. The second-order valence-electron chi connectivity index (χ2n) is 20.3. The topological polar surface area (TPSA) is 186 Å². The number of halogens is 3. The van der Waals surface area contributed by atoms with Gasteiger partial charge in [-0.3, -0.25) is 24.0 Å². The van der Waals surface area contributed by atoms with Gasteiger partial charge in [-0.25, -0.2) is 18.2 Å². The molecule has 0 spiro atoms. The summed E-state index contributed by atoms with van der Waals surface area (Å²) in [5.41, 5.74) is -1.26. The molecule has 5 fully saturated rings. The smallest absolute Gasteiger partial charge is 0.408 e. The van der Waals surface area contributed by atoms with Crippen LogP contribution in [0.25, 0.3) is 10.9 Å². The summed E-state index contributed by atoms with van der Waals surface area (Å²) in [4.78, 5) is 64.5. The van der Waals surface area contributed by atoms with Crippen LogP contribution in [-0.4, -0.2) is 120 Å². The minimum atomic E-state index is -4.31. The van der Waals surface area contributed by atoms with Gasteiger partial charge in [0.2, 0.25) is 27.7 Å². The number of alkyl halides is 3. The number of fused-ring (bicyclic) bond motifs is 5. The van der Waals surface area contributed by atoms with E-state index >= 15 is 0 Å². The number of likely N-dealkylation sites (tertiary alicyclic amines) is 1. The molecular weight excluding hydrogens is 870 g/mol. The number of hydrogen-bond acceptors (Lipinski definition) is 11. The molecule has 356 valence electrons. The van der Waals surface area contributed by atoms with Crippen LogP contribution in [0.3, 0.4) is 0 Å². The average molecular weight is 931 g/mol. The molecule has 0 unspecified atom stereocenters. The summed E-state index contributed by atoms with van der Waals surface area (Å²) in [5, 5.41) is 6.33. The first-order valence-electron chi connectivity index (χ1n) is 22.9. The standard InChI is InChI=1S/C46H61F3N6O9S/c1-6-28-24-45(28,41(58)53-65(60,61)44(5)18-19-44)52-38(56)34-23-30-25-55(34)40(57)37(43(2,3)4)51-42(59)64-35-22-27(35)12-8-7-9-14-32-36(31-13-10-11-15-33(31)50-39(32)63-30)62-29-16-20-54(21-17-29)26-46(47,48)49/h6,10-11,13,15,27-30,34-35,37H,1,7-9,12,14,16-26H2,2-5H3,(H,51,59)(H,52,56)(H,53,58)/t27-,28-,30-,34+,35-,37-,45-/m1/s1. The minimum Gasteiger partial charge on any atom is -0.489 e.